The Labute approximate surface area is 207 Å². The molecule has 0 spiro atoms. The zero-order valence-corrected chi connectivity index (χ0v) is 22.8. The summed E-state index contributed by atoms with van der Waals surface area (Å²) in [5.41, 5.74) is 0. The van der Waals surface area contributed by atoms with Crippen molar-refractivity contribution in [1.29, 1.82) is 0 Å². The van der Waals surface area contributed by atoms with Gasteiger partial charge in [0.1, 0.15) is 0 Å². The van der Waals surface area contributed by atoms with Crippen LogP contribution in [0.2, 0.25) is 0 Å². The highest BCUT2D eigenvalue weighted by Gasteiger charge is 2.27. The van der Waals surface area contributed by atoms with Crippen molar-refractivity contribution in [2.75, 3.05) is 6.61 Å². The topological polar surface area (TPSA) is 38.7 Å². The van der Waals surface area contributed by atoms with Gasteiger partial charge in [-0.25, -0.2) is 0 Å². The van der Waals surface area contributed by atoms with Gasteiger partial charge in [-0.3, -0.25) is 0 Å². The number of hydrogen-bond acceptors (Lipinski definition) is 3. The average Bonchev–Trinajstić information content (AvgIpc) is 2.82. The fourth-order valence-electron chi connectivity index (χ4n) is 5.10. The van der Waals surface area contributed by atoms with Gasteiger partial charge in [0.15, 0.2) is 6.29 Å². The van der Waals surface area contributed by atoms with E-state index in [1.54, 1.807) is 0 Å². The second-order valence-corrected chi connectivity index (χ2v) is 10.8. The van der Waals surface area contributed by atoms with Gasteiger partial charge in [-0.05, 0) is 32.1 Å². The van der Waals surface area contributed by atoms with E-state index in [4.69, 9.17) is 9.47 Å². The third-order valence-electron chi connectivity index (χ3n) is 7.56. The van der Waals surface area contributed by atoms with Crippen molar-refractivity contribution in [3.05, 3.63) is 0 Å². The molecule has 4 atom stereocenters. The fourth-order valence-corrected chi connectivity index (χ4v) is 5.10. The minimum absolute atomic E-state index is 0.100. The Morgan fingerprint density at radius 1 is 0.667 bits per heavy atom. The lowest BCUT2D eigenvalue weighted by Crippen LogP contribution is -2.38. The molecule has 0 aliphatic carbocycles. The van der Waals surface area contributed by atoms with Crippen LogP contribution < -0.4 is 0 Å². The third-order valence-corrected chi connectivity index (χ3v) is 7.56. The Morgan fingerprint density at radius 2 is 1.09 bits per heavy atom. The molecule has 1 rings (SSSR count). The Kier molecular flexibility index (Phi) is 20.9. The van der Waals surface area contributed by atoms with Crippen LogP contribution in [0.25, 0.3) is 0 Å². The van der Waals surface area contributed by atoms with Gasteiger partial charge in [-0.2, -0.15) is 0 Å². The predicted molar refractivity (Wildman–Crippen MR) is 143 cm³/mol. The van der Waals surface area contributed by atoms with Gasteiger partial charge in [0, 0.05) is 6.42 Å². The maximum absolute atomic E-state index is 9.89. The summed E-state index contributed by atoms with van der Waals surface area (Å²) >= 11 is 0. The molecule has 33 heavy (non-hydrogen) atoms. The van der Waals surface area contributed by atoms with E-state index in [9.17, 15) is 5.11 Å². The SMILES string of the molecule is CCCCCCCCCCCCC(CCCCCCCCCC)COC1CC[C@@H](O)[C@H](C)O1. The van der Waals surface area contributed by atoms with Gasteiger partial charge in [0.05, 0.1) is 18.8 Å². The summed E-state index contributed by atoms with van der Waals surface area (Å²) in [5, 5.41) is 9.89. The number of rotatable bonds is 23. The first-order valence-corrected chi connectivity index (χ1v) is 15.1. The van der Waals surface area contributed by atoms with Gasteiger partial charge in [0.2, 0.25) is 0 Å². The second-order valence-electron chi connectivity index (χ2n) is 10.8. The quantitative estimate of drug-likeness (QED) is 0.152. The molecule has 0 bridgehead atoms. The standard InChI is InChI=1S/C30H60O3/c1-4-6-8-10-12-14-15-17-19-21-23-28(22-20-18-16-13-11-9-7-5-2)26-32-30-25-24-29(31)27(3)33-30/h27-31H,4-26H2,1-3H3/t27-,28?,29+,30?/m0/s1. The van der Waals surface area contributed by atoms with Crippen molar-refractivity contribution in [3.63, 3.8) is 0 Å². The largest absolute Gasteiger partial charge is 0.390 e. The molecule has 2 unspecified atom stereocenters. The van der Waals surface area contributed by atoms with Crippen LogP contribution in [0.4, 0.5) is 0 Å². The Balaban J connectivity index is 2.18. The van der Waals surface area contributed by atoms with Crippen LogP contribution in [-0.4, -0.2) is 30.2 Å². The lowest BCUT2D eigenvalue weighted by Gasteiger charge is -2.32. The number of unbranched alkanes of at least 4 members (excludes halogenated alkanes) is 16. The fraction of sp³-hybridized carbons (Fsp3) is 1.00. The molecule has 198 valence electrons. The van der Waals surface area contributed by atoms with Crippen LogP contribution in [0.15, 0.2) is 0 Å². The summed E-state index contributed by atoms with van der Waals surface area (Å²) in [7, 11) is 0. The van der Waals surface area contributed by atoms with E-state index < -0.39 is 0 Å². The Hall–Kier alpha value is -0.120. The van der Waals surface area contributed by atoms with Crippen LogP contribution in [0.1, 0.15) is 162 Å². The minimum Gasteiger partial charge on any atom is -0.390 e. The third kappa shape index (κ3) is 17.9. The zero-order chi connectivity index (χ0) is 24.0. The van der Waals surface area contributed by atoms with Gasteiger partial charge in [-0.15, -0.1) is 0 Å². The van der Waals surface area contributed by atoms with E-state index in [-0.39, 0.29) is 18.5 Å². The van der Waals surface area contributed by atoms with E-state index in [0.717, 1.165) is 19.4 Å². The molecule has 0 amide bonds. The molecular weight excluding hydrogens is 408 g/mol. The van der Waals surface area contributed by atoms with Crippen LogP contribution in [0, 0.1) is 5.92 Å². The number of aliphatic hydroxyl groups excluding tert-OH is 1. The molecule has 0 aromatic carbocycles. The van der Waals surface area contributed by atoms with Crippen molar-refractivity contribution in [2.45, 2.75) is 181 Å². The van der Waals surface area contributed by atoms with Crippen molar-refractivity contribution in [1.82, 2.24) is 0 Å². The van der Waals surface area contributed by atoms with Crippen molar-refractivity contribution >= 4 is 0 Å². The number of ether oxygens (including phenoxy) is 2. The number of aliphatic hydroxyl groups is 1. The molecule has 1 aliphatic rings. The number of hydrogen-bond donors (Lipinski definition) is 1. The highest BCUT2D eigenvalue weighted by molar-refractivity contribution is 4.72. The summed E-state index contributed by atoms with van der Waals surface area (Å²) in [6.07, 6.45) is 28.8. The van der Waals surface area contributed by atoms with E-state index in [1.807, 2.05) is 6.92 Å². The lowest BCUT2D eigenvalue weighted by atomic mass is 9.94. The van der Waals surface area contributed by atoms with Crippen LogP contribution >= 0.6 is 0 Å². The van der Waals surface area contributed by atoms with E-state index >= 15 is 0 Å². The van der Waals surface area contributed by atoms with E-state index in [1.165, 1.54) is 128 Å². The smallest absolute Gasteiger partial charge is 0.158 e. The van der Waals surface area contributed by atoms with Crippen molar-refractivity contribution in [2.24, 2.45) is 5.92 Å². The first-order chi connectivity index (χ1) is 16.2. The van der Waals surface area contributed by atoms with E-state index in [0.29, 0.717) is 5.92 Å². The van der Waals surface area contributed by atoms with Crippen molar-refractivity contribution < 1.29 is 14.6 Å². The molecule has 0 aromatic heterocycles. The summed E-state index contributed by atoms with van der Waals surface area (Å²) < 4.78 is 12.1. The van der Waals surface area contributed by atoms with Crippen LogP contribution in [-0.2, 0) is 9.47 Å². The van der Waals surface area contributed by atoms with Gasteiger partial charge < -0.3 is 14.6 Å². The molecule has 1 aliphatic heterocycles. The first-order valence-electron chi connectivity index (χ1n) is 15.1. The summed E-state index contributed by atoms with van der Waals surface area (Å²) in [6, 6.07) is 0. The van der Waals surface area contributed by atoms with Gasteiger partial charge in [0.25, 0.3) is 0 Å². The van der Waals surface area contributed by atoms with E-state index in [2.05, 4.69) is 13.8 Å². The first kappa shape index (κ1) is 30.9. The normalized spacial score (nSPS) is 22.0. The second kappa shape index (κ2) is 22.4. The highest BCUT2D eigenvalue weighted by atomic mass is 16.7. The molecule has 0 saturated carbocycles. The molecule has 0 aromatic rings. The molecule has 1 heterocycles. The molecule has 3 heteroatoms. The Bertz CT molecular complexity index is 400. The molecule has 1 saturated heterocycles. The summed E-state index contributed by atoms with van der Waals surface area (Å²) in [5.74, 6) is 0.671. The average molecular weight is 469 g/mol. The Morgan fingerprint density at radius 3 is 1.52 bits per heavy atom. The maximum atomic E-state index is 9.89. The summed E-state index contributed by atoms with van der Waals surface area (Å²) in [4.78, 5) is 0. The molecule has 0 radical (unpaired) electrons. The monoisotopic (exact) mass is 468 g/mol. The molecular formula is C30H60O3. The lowest BCUT2D eigenvalue weighted by molar-refractivity contribution is -0.221. The molecule has 1 fully saturated rings. The summed E-state index contributed by atoms with van der Waals surface area (Å²) in [6.45, 7) is 7.38. The zero-order valence-electron chi connectivity index (χ0n) is 22.8. The minimum atomic E-state index is -0.329. The van der Waals surface area contributed by atoms with Crippen molar-refractivity contribution in [3.8, 4) is 0 Å². The maximum Gasteiger partial charge on any atom is 0.158 e. The highest BCUT2D eigenvalue weighted by Crippen LogP contribution is 2.24. The molecule has 3 nitrogen and oxygen atoms in total. The van der Waals surface area contributed by atoms with Gasteiger partial charge >= 0.3 is 0 Å². The predicted octanol–water partition coefficient (Wildman–Crippen LogP) is 9.35. The molecule has 1 N–H and O–H groups in total. The van der Waals surface area contributed by atoms with Crippen LogP contribution in [0.3, 0.4) is 0 Å². The van der Waals surface area contributed by atoms with Crippen LogP contribution in [0.5, 0.6) is 0 Å². The van der Waals surface area contributed by atoms with Gasteiger partial charge in [-0.1, -0.05) is 129 Å².